The summed E-state index contributed by atoms with van der Waals surface area (Å²) < 4.78 is 6.74. The van der Waals surface area contributed by atoms with Crippen molar-refractivity contribution < 1.29 is 4.42 Å². The van der Waals surface area contributed by atoms with Gasteiger partial charge in [-0.25, -0.2) is 9.67 Å². The number of rotatable bonds is 3. The second-order valence-corrected chi connectivity index (χ2v) is 5.66. The molecule has 0 unspecified atom stereocenters. The lowest BCUT2D eigenvalue weighted by Gasteiger charge is -2.01. The molecule has 0 radical (unpaired) electrons. The van der Waals surface area contributed by atoms with E-state index in [1.807, 2.05) is 18.2 Å². The Morgan fingerprint density at radius 3 is 2.71 bits per heavy atom. The first-order chi connectivity index (χ1) is 11.7. The molecule has 0 fully saturated rings. The Labute approximate surface area is 141 Å². The molecular formula is C17H11ClN4O2. The van der Waals surface area contributed by atoms with E-state index in [1.54, 1.807) is 30.3 Å². The minimum Gasteiger partial charge on any atom is -0.444 e. The number of oxazole rings is 1. The summed E-state index contributed by atoms with van der Waals surface area (Å²) in [6.45, 7) is 0.188. The van der Waals surface area contributed by atoms with Crippen molar-refractivity contribution in [2.45, 2.75) is 6.54 Å². The minimum absolute atomic E-state index is 0.188. The van der Waals surface area contributed by atoms with Crippen LogP contribution in [0.3, 0.4) is 0 Å². The summed E-state index contributed by atoms with van der Waals surface area (Å²) >= 11 is 5.87. The van der Waals surface area contributed by atoms with Gasteiger partial charge in [-0.2, -0.15) is 0 Å². The highest BCUT2D eigenvalue weighted by Crippen LogP contribution is 2.21. The summed E-state index contributed by atoms with van der Waals surface area (Å²) in [7, 11) is 0. The van der Waals surface area contributed by atoms with Crippen LogP contribution in [0.5, 0.6) is 0 Å². The minimum atomic E-state index is -0.211. The summed E-state index contributed by atoms with van der Waals surface area (Å²) in [5.41, 5.74) is 1.76. The van der Waals surface area contributed by atoms with E-state index in [9.17, 15) is 4.79 Å². The molecule has 24 heavy (non-hydrogen) atoms. The van der Waals surface area contributed by atoms with Crippen LogP contribution in [0.4, 0.5) is 0 Å². The van der Waals surface area contributed by atoms with Gasteiger partial charge in [-0.3, -0.25) is 4.79 Å². The number of hydrogen-bond donors (Lipinski definition) is 0. The van der Waals surface area contributed by atoms with Crippen molar-refractivity contribution in [3.63, 3.8) is 0 Å². The van der Waals surface area contributed by atoms with Gasteiger partial charge in [-0.05, 0) is 36.4 Å². The summed E-state index contributed by atoms with van der Waals surface area (Å²) in [5.74, 6) is 0.462. The Kier molecular flexibility index (Phi) is 3.59. The molecule has 0 bridgehead atoms. The number of hydrogen-bond acceptors (Lipinski definition) is 5. The molecule has 2 heterocycles. The number of halogens is 1. The normalized spacial score (nSPS) is 11.0. The fraction of sp³-hybridized carbons (Fsp3) is 0.0588. The topological polar surface area (TPSA) is 73.8 Å². The van der Waals surface area contributed by atoms with Gasteiger partial charge < -0.3 is 4.42 Å². The van der Waals surface area contributed by atoms with Gasteiger partial charge in [0.1, 0.15) is 17.5 Å². The summed E-state index contributed by atoms with van der Waals surface area (Å²) in [5, 5.41) is 9.17. The molecule has 2 aromatic carbocycles. The van der Waals surface area contributed by atoms with E-state index in [-0.39, 0.29) is 12.1 Å². The van der Waals surface area contributed by atoms with Crippen LogP contribution in [0, 0.1) is 0 Å². The molecule has 0 spiro atoms. The van der Waals surface area contributed by atoms with Crippen LogP contribution in [0.15, 0.2) is 64.0 Å². The predicted octanol–water partition coefficient (Wildman–Crippen LogP) is 3.15. The largest absolute Gasteiger partial charge is 0.444 e. The van der Waals surface area contributed by atoms with Gasteiger partial charge in [0.05, 0.1) is 11.9 Å². The predicted molar refractivity (Wildman–Crippen MR) is 89.8 cm³/mol. The van der Waals surface area contributed by atoms with E-state index in [0.717, 1.165) is 5.56 Å². The fourth-order valence-electron chi connectivity index (χ4n) is 2.39. The van der Waals surface area contributed by atoms with Gasteiger partial charge in [0.15, 0.2) is 0 Å². The zero-order chi connectivity index (χ0) is 16.5. The molecule has 2 aromatic heterocycles. The zero-order valence-electron chi connectivity index (χ0n) is 12.4. The number of nitrogens with zero attached hydrogens (tertiary/aromatic N) is 4. The average molecular weight is 339 g/mol. The molecule has 0 aliphatic rings. The molecule has 4 aromatic rings. The van der Waals surface area contributed by atoms with E-state index in [1.165, 1.54) is 10.9 Å². The maximum atomic E-state index is 12.4. The second kappa shape index (κ2) is 5.90. The van der Waals surface area contributed by atoms with Crippen molar-refractivity contribution in [2.24, 2.45) is 0 Å². The van der Waals surface area contributed by atoms with Crippen molar-refractivity contribution in [2.75, 3.05) is 0 Å². The molecule has 118 valence electrons. The van der Waals surface area contributed by atoms with Gasteiger partial charge >= 0.3 is 0 Å². The first-order valence-electron chi connectivity index (χ1n) is 7.23. The number of fused-ring (bicyclic) bond motifs is 1. The fourth-order valence-corrected chi connectivity index (χ4v) is 2.51. The molecule has 0 aliphatic heterocycles. The molecule has 7 heteroatoms. The Balaban J connectivity index is 1.66. The third kappa shape index (κ3) is 2.68. The van der Waals surface area contributed by atoms with Crippen LogP contribution in [0.2, 0.25) is 5.02 Å². The summed E-state index contributed by atoms with van der Waals surface area (Å²) in [6.07, 6.45) is 1.51. The monoisotopic (exact) mass is 338 g/mol. The van der Waals surface area contributed by atoms with Crippen LogP contribution in [-0.2, 0) is 6.54 Å². The van der Waals surface area contributed by atoms with Crippen LogP contribution < -0.4 is 5.56 Å². The first kappa shape index (κ1) is 14.6. The smallest absolute Gasteiger partial charge is 0.277 e. The molecular weight excluding hydrogens is 328 g/mol. The van der Waals surface area contributed by atoms with E-state index in [4.69, 9.17) is 16.0 Å². The van der Waals surface area contributed by atoms with Crippen LogP contribution in [0.25, 0.3) is 22.4 Å². The van der Waals surface area contributed by atoms with E-state index < -0.39 is 0 Å². The molecule has 0 aliphatic carbocycles. The molecule has 0 saturated heterocycles. The maximum absolute atomic E-state index is 12.4. The average Bonchev–Trinajstić information content (AvgIpc) is 3.07. The van der Waals surface area contributed by atoms with Gasteiger partial charge in [0, 0.05) is 10.6 Å². The number of benzene rings is 2. The van der Waals surface area contributed by atoms with E-state index in [2.05, 4.69) is 15.3 Å². The lowest BCUT2D eigenvalue weighted by molar-refractivity contribution is 0.562. The van der Waals surface area contributed by atoms with Crippen LogP contribution >= 0.6 is 11.6 Å². The molecule has 0 saturated carbocycles. The zero-order valence-corrected chi connectivity index (χ0v) is 13.1. The maximum Gasteiger partial charge on any atom is 0.277 e. The van der Waals surface area contributed by atoms with Crippen molar-refractivity contribution in [3.05, 3.63) is 75.9 Å². The lowest BCUT2D eigenvalue weighted by Crippen LogP contribution is -2.24. The van der Waals surface area contributed by atoms with Crippen molar-refractivity contribution in [1.82, 2.24) is 20.0 Å². The Bertz CT molecular complexity index is 1070. The van der Waals surface area contributed by atoms with Gasteiger partial charge in [-0.1, -0.05) is 28.9 Å². The quantitative estimate of drug-likeness (QED) is 0.573. The van der Waals surface area contributed by atoms with Gasteiger partial charge in [0.2, 0.25) is 5.89 Å². The summed E-state index contributed by atoms with van der Waals surface area (Å²) in [6, 6.07) is 14.3. The molecule has 6 nitrogen and oxygen atoms in total. The molecule has 0 atom stereocenters. The third-order valence-electron chi connectivity index (χ3n) is 3.58. The SMILES string of the molecule is O=c1c2ccccc2nnn1Cc1coc(-c2ccc(Cl)cc2)n1. The highest BCUT2D eigenvalue weighted by atomic mass is 35.5. The first-order valence-corrected chi connectivity index (χ1v) is 7.61. The van der Waals surface area contributed by atoms with Crippen LogP contribution in [-0.4, -0.2) is 20.0 Å². The Morgan fingerprint density at radius 2 is 1.88 bits per heavy atom. The Morgan fingerprint density at radius 1 is 1.08 bits per heavy atom. The van der Waals surface area contributed by atoms with Crippen molar-refractivity contribution in [3.8, 4) is 11.5 Å². The number of aromatic nitrogens is 4. The molecule has 0 N–H and O–H groups in total. The molecule has 4 rings (SSSR count). The van der Waals surface area contributed by atoms with Crippen molar-refractivity contribution in [1.29, 1.82) is 0 Å². The van der Waals surface area contributed by atoms with Crippen LogP contribution in [0.1, 0.15) is 5.69 Å². The summed E-state index contributed by atoms with van der Waals surface area (Å²) in [4.78, 5) is 16.8. The lowest BCUT2D eigenvalue weighted by atomic mass is 10.2. The van der Waals surface area contributed by atoms with Gasteiger partial charge in [-0.15, -0.1) is 5.10 Å². The van der Waals surface area contributed by atoms with Crippen molar-refractivity contribution >= 4 is 22.5 Å². The highest BCUT2D eigenvalue weighted by molar-refractivity contribution is 6.30. The van der Waals surface area contributed by atoms with E-state index >= 15 is 0 Å². The van der Waals surface area contributed by atoms with Gasteiger partial charge in [0.25, 0.3) is 5.56 Å². The second-order valence-electron chi connectivity index (χ2n) is 5.22. The third-order valence-corrected chi connectivity index (χ3v) is 3.84. The molecule has 0 amide bonds. The van der Waals surface area contributed by atoms with E-state index in [0.29, 0.717) is 27.5 Å². The standard InChI is InChI=1S/C17H11ClN4O2/c18-12-7-5-11(6-8-12)16-19-13(10-24-16)9-22-17(23)14-3-1-2-4-15(14)20-21-22/h1-8,10H,9H2. The Hall–Kier alpha value is -2.99. The highest BCUT2D eigenvalue weighted by Gasteiger charge is 2.10.